The summed E-state index contributed by atoms with van der Waals surface area (Å²) in [5.74, 6) is -0.866. The molecule has 0 saturated heterocycles. The van der Waals surface area contributed by atoms with Crippen LogP contribution in [0.5, 0.6) is 11.5 Å². The molecule has 2 aromatic carbocycles. The van der Waals surface area contributed by atoms with Gasteiger partial charge in [0, 0.05) is 29.0 Å². The number of allylic oxidation sites excluding steroid dienone is 3. The molecule has 0 unspecified atom stereocenters. The number of Topliss-reactive ketones (excluding diaryl/α,β-unsaturated/α-hetero) is 1. The smallest absolute Gasteiger partial charge is 0.337 e. The summed E-state index contributed by atoms with van der Waals surface area (Å²) in [6.07, 6.45) is 1.11. The molecule has 3 atom stereocenters. The van der Waals surface area contributed by atoms with Gasteiger partial charge >= 0.3 is 5.97 Å². The van der Waals surface area contributed by atoms with Crippen LogP contribution in [0.15, 0.2) is 65.0 Å². The van der Waals surface area contributed by atoms with Crippen molar-refractivity contribution in [3.8, 4) is 11.5 Å². The highest BCUT2D eigenvalue weighted by molar-refractivity contribution is 6.04. The number of rotatable bonds is 7. The van der Waals surface area contributed by atoms with Crippen molar-refractivity contribution >= 4 is 11.8 Å². The minimum atomic E-state index is -0.835. The zero-order valence-corrected chi connectivity index (χ0v) is 21.3. The first-order valence-electron chi connectivity index (χ1n) is 12.2. The third kappa shape index (κ3) is 4.74. The Balaban J connectivity index is 1.77. The van der Waals surface area contributed by atoms with E-state index in [0.717, 1.165) is 5.56 Å². The van der Waals surface area contributed by atoms with Crippen molar-refractivity contribution in [1.82, 2.24) is 5.32 Å². The van der Waals surface area contributed by atoms with E-state index < -0.39 is 17.7 Å². The lowest BCUT2D eigenvalue weighted by Gasteiger charge is -2.37. The van der Waals surface area contributed by atoms with E-state index in [2.05, 4.69) is 5.32 Å². The van der Waals surface area contributed by atoms with Crippen molar-refractivity contribution in [2.24, 2.45) is 0 Å². The Morgan fingerprint density at radius 1 is 1.11 bits per heavy atom. The second-order valence-corrected chi connectivity index (χ2v) is 9.28. The average molecular weight is 494 g/mol. The van der Waals surface area contributed by atoms with E-state index in [1.54, 1.807) is 39.3 Å². The molecule has 0 aromatic heterocycles. The third-order valence-corrected chi connectivity index (χ3v) is 7.03. The maximum atomic E-state index is 15.1. The highest BCUT2D eigenvalue weighted by Crippen LogP contribution is 2.47. The quantitative estimate of drug-likeness (QED) is 0.510. The largest absolute Gasteiger partial charge is 0.493 e. The lowest BCUT2D eigenvalue weighted by Crippen LogP contribution is -2.36. The Bertz CT molecular complexity index is 1250. The normalized spacial score (nSPS) is 20.4. The van der Waals surface area contributed by atoms with E-state index in [4.69, 9.17) is 14.2 Å². The van der Waals surface area contributed by atoms with Gasteiger partial charge in [0.2, 0.25) is 0 Å². The topological polar surface area (TPSA) is 73.9 Å². The van der Waals surface area contributed by atoms with Crippen molar-refractivity contribution in [1.29, 1.82) is 0 Å². The average Bonchev–Trinajstić information content (AvgIpc) is 2.87. The van der Waals surface area contributed by atoms with Crippen LogP contribution in [0.4, 0.5) is 4.39 Å². The van der Waals surface area contributed by atoms with Gasteiger partial charge in [-0.2, -0.15) is 0 Å². The number of halogens is 1. The van der Waals surface area contributed by atoms with E-state index >= 15 is 4.39 Å². The van der Waals surface area contributed by atoms with Gasteiger partial charge in [-0.05, 0) is 56.4 Å². The maximum absolute atomic E-state index is 15.1. The molecule has 0 fully saturated rings. The second kappa shape index (κ2) is 10.6. The molecule has 1 aliphatic heterocycles. The summed E-state index contributed by atoms with van der Waals surface area (Å²) in [5.41, 5.74) is 3.21. The molecule has 7 heteroatoms. The van der Waals surface area contributed by atoms with Gasteiger partial charge < -0.3 is 19.5 Å². The van der Waals surface area contributed by atoms with Crippen LogP contribution in [0.25, 0.3) is 0 Å². The third-order valence-electron chi connectivity index (χ3n) is 7.03. The fraction of sp³-hybridized carbons (Fsp3) is 0.379. The first-order chi connectivity index (χ1) is 17.3. The molecule has 2 aliphatic rings. The van der Waals surface area contributed by atoms with Crippen LogP contribution >= 0.6 is 0 Å². The summed E-state index contributed by atoms with van der Waals surface area (Å²) in [6, 6.07) is 11.9. The number of hydrogen-bond acceptors (Lipinski definition) is 6. The van der Waals surface area contributed by atoms with Gasteiger partial charge in [0.1, 0.15) is 5.82 Å². The molecule has 0 saturated carbocycles. The van der Waals surface area contributed by atoms with Crippen molar-refractivity contribution in [2.45, 2.75) is 58.0 Å². The van der Waals surface area contributed by atoms with Gasteiger partial charge in [-0.15, -0.1) is 0 Å². The molecule has 0 radical (unpaired) electrons. The number of esters is 1. The van der Waals surface area contributed by atoms with Crippen LogP contribution in [0, 0.1) is 5.82 Å². The predicted molar refractivity (Wildman–Crippen MR) is 134 cm³/mol. The lowest BCUT2D eigenvalue weighted by molar-refractivity contribution is -0.144. The number of benzene rings is 2. The summed E-state index contributed by atoms with van der Waals surface area (Å²) in [6.45, 7) is 5.51. The molecule has 6 nitrogen and oxygen atoms in total. The summed E-state index contributed by atoms with van der Waals surface area (Å²) in [4.78, 5) is 27.0. The molecule has 4 rings (SSSR count). The molecule has 0 amide bonds. The zero-order chi connectivity index (χ0) is 26.0. The monoisotopic (exact) mass is 493 g/mol. The van der Waals surface area contributed by atoms with Crippen molar-refractivity contribution < 1.29 is 28.2 Å². The number of ether oxygens (including phenoxy) is 3. The summed E-state index contributed by atoms with van der Waals surface area (Å²) in [7, 11) is 3.15. The van der Waals surface area contributed by atoms with Crippen LogP contribution in [0.1, 0.15) is 63.0 Å². The number of ketones is 1. The van der Waals surface area contributed by atoms with Crippen LogP contribution in [-0.2, 0) is 14.3 Å². The minimum Gasteiger partial charge on any atom is -0.493 e. The minimum absolute atomic E-state index is 0.105. The van der Waals surface area contributed by atoms with E-state index in [1.807, 2.05) is 32.0 Å². The molecule has 1 heterocycles. The molecule has 0 bridgehead atoms. The SMILES string of the molecule is CC[C@@H](C)OC(=O)C1=C(C)NC2=C(C(=O)C[C@@H](c3ccc(OC)c(OC)c3)C2)[C@@H]1c1ccccc1F. The number of hydrogen-bond donors (Lipinski definition) is 1. The molecular formula is C29H32FNO5. The molecule has 2 aromatic rings. The van der Waals surface area contributed by atoms with Crippen LogP contribution in [0.2, 0.25) is 0 Å². The number of dihydropyridines is 1. The molecule has 190 valence electrons. The van der Waals surface area contributed by atoms with E-state index in [-0.39, 0.29) is 29.8 Å². The number of carbonyl (C=O) groups excluding carboxylic acids is 2. The van der Waals surface area contributed by atoms with Gasteiger partial charge in [-0.1, -0.05) is 31.2 Å². The summed E-state index contributed by atoms with van der Waals surface area (Å²) in [5, 5.41) is 3.30. The van der Waals surface area contributed by atoms with Crippen LogP contribution in [0.3, 0.4) is 0 Å². The molecule has 36 heavy (non-hydrogen) atoms. The fourth-order valence-electron chi connectivity index (χ4n) is 5.00. The van der Waals surface area contributed by atoms with Gasteiger partial charge in [-0.3, -0.25) is 4.79 Å². The fourth-order valence-corrected chi connectivity index (χ4v) is 5.00. The molecule has 1 N–H and O–H groups in total. The van der Waals surface area contributed by atoms with Crippen molar-refractivity contribution in [3.63, 3.8) is 0 Å². The highest BCUT2D eigenvalue weighted by Gasteiger charge is 2.42. The standard InChI is InChI=1S/C29H32FNO5/c1-6-16(2)36-29(33)26-17(3)31-22-13-19(18-11-12-24(34-4)25(15-18)35-5)14-23(32)28(22)27(26)20-9-7-8-10-21(20)30/h7-12,15-16,19,27,31H,6,13-14H2,1-5H3/t16-,19+,27-/m1/s1. The Morgan fingerprint density at radius 3 is 2.50 bits per heavy atom. The van der Waals surface area contributed by atoms with Crippen LogP contribution < -0.4 is 14.8 Å². The Kier molecular flexibility index (Phi) is 7.48. The van der Waals surface area contributed by atoms with Gasteiger partial charge in [0.25, 0.3) is 0 Å². The number of nitrogens with one attached hydrogen (secondary N) is 1. The summed E-state index contributed by atoms with van der Waals surface area (Å²) >= 11 is 0. The first kappa shape index (κ1) is 25.5. The molecule has 1 aliphatic carbocycles. The lowest BCUT2D eigenvalue weighted by atomic mass is 9.71. The molecule has 0 spiro atoms. The second-order valence-electron chi connectivity index (χ2n) is 9.28. The van der Waals surface area contributed by atoms with Crippen molar-refractivity contribution in [2.75, 3.05) is 14.2 Å². The van der Waals surface area contributed by atoms with Crippen molar-refractivity contribution in [3.05, 3.63) is 81.9 Å². The van der Waals surface area contributed by atoms with E-state index in [9.17, 15) is 9.59 Å². The first-order valence-corrected chi connectivity index (χ1v) is 12.2. The summed E-state index contributed by atoms with van der Waals surface area (Å²) < 4.78 is 31.5. The Hall–Kier alpha value is -3.61. The Morgan fingerprint density at radius 2 is 1.83 bits per heavy atom. The Labute approximate surface area is 211 Å². The maximum Gasteiger partial charge on any atom is 0.337 e. The van der Waals surface area contributed by atoms with E-state index in [1.165, 1.54) is 6.07 Å². The number of methoxy groups -OCH3 is 2. The van der Waals surface area contributed by atoms with Gasteiger partial charge in [0.05, 0.1) is 31.8 Å². The highest BCUT2D eigenvalue weighted by atomic mass is 19.1. The zero-order valence-electron chi connectivity index (χ0n) is 21.3. The molecular weight excluding hydrogens is 461 g/mol. The number of carbonyl (C=O) groups is 2. The van der Waals surface area contributed by atoms with Crippen LogP contribution in [-0.4, -0.2) is 32.1 Å². The van der Waals surface area contributed by atoms with Gasteiger partial charge in [0.15, 0.2) is 17.3 Å². The van der Waals surface area contributed by atoms with E-state index in [0.29, 0.717) is 46.9 Å². The predicted octanol–water partition coefficient (Wildman–Crippen LogP) is 5.55. The van der Waals surface area contributed by atoms with Gasteiger partial charge in [-0.25, -0.2) is 9.18 Å².